The van der Waals surface area contributed by atoms with E-state index in [2.05, 4.69) is 20.7 Å². The van der Waals surface area contributed by atoms with Gasteiger partial charge in [-0.25, -0.2) is 0 Å². The number of carbonyl (C=O) groups excluding carboxylic acids is 1. The molecule has 0 aliphatic heterocycles. The molecule has 0 radical (unpaired) electrons. The van der Waals surface area contributed by atoms with E-state index < -0.39 is 11.7 Å². The van der Waals surface area contributed by atoms with Crippen LogP contribution >= 0.6 is 0 Å². The van der Waals surface area contributed by atoms with Crippen molar-refractivity contribution in [3.8, 4) is 17.1 Å². The van der Waals surface area contributed by atoms with E-state index in [0.29, 0.717) is 5.75 Å². The first kappa shape index (κ1) is 19.3. The van der Waals surface area contributed by atoms with Crippen molar-refractivity contribution >= 4 is 5.91 Å². The predicted molar refractivity (Wildman–Crippen MR) is 93.2 cm³/mol. The van der Waals surface area contributed by atoms with Gasteiger partial charge in [-0.3, -0.25) is 4.79 Å². The zero-order chi connectivity index (χ0) is 20.0. The third-order valence-electron chi connectivity index (χ3n) is 3.62. The van der Waals surface area contributed by atoms with E-state index >= 15 is 0 Å². The number of para-hydroxylation sites is 1. The molecule has 2 aromatic carbocycles. The average Bonchev–Trinajstić information content (AvgIpc) is 3.14. The fourth-order valence-corrected chi connectivity index (χ4v) is 2.32. The third kappa shape index (κ3) is 5.29. The standard InChI is InChI=1S/C18H16F3N5O2/c19-18(20,21)14-6-4-5-13(11-14)17-23-25-26(24-17)12-16(27)22-9-10-28-15-7-2-1-3-8-15/h1-8,11H,9-10,12H2,(H,22,27). The molecule has 28 heavy (non-hydrogen) atoms. The Morgan fingerprint density at radius 3 is 2.64 bits per heavy atom. The van der Waals surface area contributed by atoms with E-state index in [1.807, 2.05) is 18.2 Å². The number of halogens is 3. The van der Waals surface area contributed by atoms with Crippen LogP contribution in [0.5, 0.6) is 5.75 Å². The quantitative estimate of drug-likeness (QED) is 0.626. The molecule has 0 fully saturated rings. The van der Waals surface area contributed by atoms with Gasteiger partial charge in [0.1, 0.15) is 18.9 Å². The Hall–Kier alpha value is -3.43. The van der Waals surface area contributed by atoms with Gasteiger partial charge in [0.2, 0.25) is 11.7 Å². The highest BCUT2D eigenvalue weighted by Gasteiger charge is 2.30. The maximum Gasteiger partial charge on any atom is 0.416 e. The number of amides is 1. The fourth-order valence-electron chi connectivity index (χ4n) is 2.32. The summed E-state index contributed by atoms with van der Waals surface area (Å²) in [5.41, 5.74) is -0.643. The number of nitrogens with zero attached hydrogens (tertiary/aromatic N) is 4. The van der Waals surface area contributed by atoms with Crippen molar-refractivity contribution in [1.29, 1.82) is 0 Å². The van der Waals surface area contributed by atoms with Gasteiger partial charge in [-0.05, 0) is 29.5 Å². The molecule has 3 rings (SSSR count). The van der Waals surface area contributed by atoms with Gasteiger partial charge >= 0.3 is 6.18 Å². The largest absolute Gasteiger partial charge is 0.492 e. The Kier molecular flexibility index (Phi) is 5.87. The molecule has 1 heterocycles. The van der Waals surface area contributed by atoms with Crippen LogP contribution in [-0.2, 0) is 17.5 Å². The minimum absolute atomic E-state index is 0.00584. The number of hydrogen-bond acceptors (Lipinski definition) is 5. The summed E-state index contributed by atoms with van der Waals surface area (Å²) in [6.07, 6.45) is -4.46. The number of alkyl halides is 3. The summed E-state index contributed by atoms with van der Waals surface area (Å²) in [4.78, 5) is 12.9. The van der Waals surface area contributed by atoms with Crippen LogP contribution in [0.15, 0.2) is 54.6 Å². The van der Waals surface area contributed by atoms with E-state index in [1.54, 1.807) is 12.1 Å². The molecule has 1 amide bonds. The van der Waals surface area contributed by atoms with Crippen LogP contribution in [0.25, 0.3) is 11.4 Å². The summed E-state index contributed by atoms with van der Waals surface area (Å²) in [6, 6.07) is 13.7. The average molecular weight is 391 g/mol. The molecule has 146 valence electrons. The number of tetrazole rings is 1. The lowest BCUT2D eigenvalue weighted by Crippen LogP contribution is -2.31. The van der Waals surface area contributed by atoms with E-state index in [9.17, 15) is 18.0 Å². The molecule has 0 saturated carbocycles. The number of benzene rings is 2. The number of rotatable bonds is 7. The molecule has 0 atom stereocenters. The third-order valence-corrected chi connectivity index (χ3v) is 3.62. The van der Waals surface area contributed by atoms with Crippen molar-refractivity contribution in [2.45, 2.75) is 12.7 Å². The van der Waals surface area contributed by atoms with Gasteiger partial charge in [0, 0.05) is 5.56 Å². The summed E-state index contributed by atoms with van der Waals surface area (Å²) >= 11 is 0. The smallest absolute Gasteiger partial charge is 0.416 e. The van der Waals surface area contributed by atoms with E-state index in [1.165, 1.54) is 12.1 Å². The van der Waals surface area contributed by atoms with Crippen LogP contribution < -0.4 is 10.1 Å². The monoisotopic (exact) mass is 391 g/mol. The number of nitrogens with one attached hydrogen (secondary N) is 1. The van der Waals surface area contributed by atoms with Gasteiger partial charge in [-0.1, -0.05) is 30.3 Å². The molecular formula is C18H16F3N5O2. The van der Waals surface area contributed by atoms with E-state index in [0.717, 1.165) is 16.9 Å². The van der Waals surface area contributed by atoms with Crippen LogP contribution in [0.4, 0.5) is 13.2 Å². The molecule has 7 nitrogen and oxygen atoms in total. The highest BCUT2D eigenvalue weighted by Crippen LogP contribution is 2.31. The molecule has 3 aromatic rings. The molecule has 0 spiro atoms. The van der Waals surface area contributed by atoms with Crippen molar-refractivity contribution < 1.29 is 22.7 Å². The summed E-state index contributed by atoms with van der Waals surface area (Å²) < 4.78 is 43.8. The molecule has 0 saturated heterocycles. The number of carbonyl (C=O) groups is 1. The summed E-state index contributed by atoms with van der Waals surface area (Å²) in [7, 11) is 0. The van der Waals surface area contributed by atoms with Crippen LogP contribution in [0, 0.1) is 0 Å². The first-order valence-electron chi connectivity index (χ1n) is 8.32. The molecule has 10 heteroatoms. The lowest BCUT2D eigenvalue weighted by molar-refractivity contribution is -0.137. The van der Waals surface area contributed by atoms with Gasteiger partial charge in [0.05, 0.1) is 12.1 Å². The summed E-state index contributed by atoms with van der Waals surface area (Å²) in [5.74, 6) is 0.330. The highest BCUT2D eigenvalue weighted by molar-refractivity contribution is 5.75. The minimum Gasteiger partial charge on any atom is -0.492 e. The van der Waals surface area contributed by atoms with Crippen LogP contribution in [0.3, 0.4) is 0 Å². The highest BCUT2D eigenvalue weighted by atomic mass is 19.4. The van der Waals surface area contributed by atoms with Crippen LogP contribution in [0.2, 0.25) is 0 Å². The van der Waals surface area contributed by atoms with E-state index in [4.69, 9.17) is 4.74 Å². The maximum atomic E-state index is 12.8. The second kappa shape index (κ2) is 8.51. The number of hydrogen-bond donors (Lipinski definition) is 1. The van der Waals surface area contributed by atoms with Gasteiger partial charge in [-0.15, -0.1) is 10.2 Å². The Balaban J connectivity index is 1.51. The summed E-state index contributed by atoms with van der Waals surface area (Å²) in [6.45, 7) is 0.357. The van der Waals surface area contributed by atoms with E-state index in [-0.39, 0.29) is 37.0 Å². The molecule has 1 N–H and O–H groups in total. The molecule has 0 aliphatic carbocycles. The Morgan fingerprint density at radius 2 is 1.89 bits per heavy atom. The van der Waals surface area contributed by atoms with Crippen molar-refractivity contribution in [2.75, 3.05) is 13.2 Å². The molecule has 0 aliphatic rings. The van der Waals surface area contributed by atoms with Gasteiger partial charge in [0.25, 0.3) is 0 Å². The first-order valence-corrected chi connectivity index (χ1v) is 8.32. The minimum atomic E-state index is -4.46. The van der Waals surface area contributed by atoms with Gasteiger partial charge in [0.15, 0.2) is 0 Å². The van der Waals surface area contributed by atoms with Crippen molar-refractivity contribution in [2.24, 2.45) is 0 Å². The SMILES string of the molecule is O=C(Cn1nnc(-c2cccc(C(F)(F)F)c2)n1)NCCOc1ccccc1. The Labute approximate surface area is 158 Å². The zero-order valence-electron chi connectivity index (χ0n) is 14.6. The number of aromatic nitrogens is 4. The predicted octanol–water partition coefficient (Wildman–Crippen LogP) is 2.55. The molecule has 1 aromatic heterocycles. The second-order valence-corrected chi connectivity index (χ2v) is 5.73. The van der Waals surface area contributed by atoms with Crippen molar-refractivity contribution in [3.63, 3.8) is 0 Å². The van der Waals surface area contributed by atoms with Crippen molar-refractivity contribution in [1.82, 2.24) is 25.5 Å². The lowest BCUT2D eigenvalue weighted by atomic mass is 10.1. The summed E-state index contributed by atoms with van der Waals surface area (Å²) in [5, 5.41) is 14.0. The number of ether oxygens (including phenoxy) is 1. The fraction of sp³-hybridized carbons (Fsp3) is 0.222. The Bertz CT molecular complexity index is 928. The maximum absolute atomic E-state index is 12.8. The zero-order valence-corrected chi connectivity index (χ0v) is 14.6. The second-order valence-electron chi connectivity index (χ2n) is 5.73. The van der Waals surface area contributed by atoms with Crippen molar-refractivity contribution in [3.05, 3.63) is 60.2 Å². The van der Waals surface area contributed by atoms with Gasteiger partial charge in [-0.2, -0.15) is 18.0 Å². The van der Waals surface area contributed by atoms with Gasteiger partial charge < -0.3 is 10.1 Å². The normalized spacial score (nSPS) is 11.2. The first-order chi connectivity index (χ1) is 13.4. The Morgan fingerprint density at radius 1 is 1.11 bits per heavy atom. The topological polar surface area (TPSA) is 81.9 Å². The molecule has 0 bridgehead atoms. The molecule has 0 unspecified atom stereocenters. The molecular weight excluding hydrogens is 375 g/mol. The lowest BCUT2D eigenvalue weighted by Gasteiger charge is -2.07. The van der Waals surface area contributed by atoms with Crippen LogP contribution in [-0.4, -0.2) is 39.3 Å². The van der Waals surface area contributed by atoms with Crippen LogP contribution in [0.1, 0.15) is 5.56 Å².